The monoisotopic (exact) mass is 262 g/mol. The van der Waals surface area contributed by atoms with Crippen LogP contribution in [0.2, 0.25) is 0 Å². The molecular formula is C15H22N2O2. The molecule has 2 rings (SSSR count). The molecule has 104 valence electrons. The van der Waals surface area contributed by atoms with Crippen molar-refractivity contribution >= 4 is 5.91 Å². The highest BCUT2D eigenvalue weighted by atomic mass is 16.5. The van der Waals surface area contributed by atoms with Crippen LogP contribution in [0.15, 0.2) is 24.3 Å². The standard InChI is InChI=1S/C15H22N2O2/c1-11-4-3-5-13(8-11)19-7-6-15(18)17-14-10-16-9-12(14)2/h3-5,8,12,14,16H,6-7,9-10H2,1-2H3,(H,17,18). The van der Waals surface area contributed by atoms with Gasteiger partial charge < -0.3 is 15.4 Å². The first-order valence-corrected chi connectivity index (χ1v) is 6.84. The Morgan fingerprint density at radius 1 is 1.47 bits per heavy atom. The molecule has 19 heavy (non-hydrogen) atoms. The Morgan fingerprint density at radius 2 is 2.32 bits per heavy atom. The van der Waals surface area contributed by atoms with E-state index < -0.39 is 0 Å². The Balaban J connectivity index is 1.69. The first kappa shape index (κ1) is 13.9. The minimum atomic E-state index is 0.0632. The quantitative estimate of drug-likeness (QED) is 0.845. The van der Waals surface area contributed by atoms with E-state index in [1.54, 1.807) is 0 Å². The lowest BCUT2D eigenvalue weighted by Crippen LogP contribution is -2.39. The van der Waals surface area contributed by atoms with Crippen LogP contribution in [-0.4, -0.2) is 31.6 Å². The molecule has 1 saturated heterocycles. The fourth-order valence-corrected chi connectivity index (χ4v) is 2.25. The van der Waals surface area contributed by atoms with Crippen molar-refractivity contribution in [3.63, 3.8) is 0 Å². The van der Waals surface area contributed by atoms with Crippen molar-refractivity contribution in [3.05, 3.63) is 29.8 Å². The van der Waals surface area contributed by atoms with Gasteiger partial charge in [-0.15, -0.1) is 0 Å². The van der Waals surface area contributed by atoms with Gasteiger partial charge in [-0.05, 0) is 37.1 Å². The molecule has 4 nitrogen and oxygen atoms in total. The molecule has 1 fully saturated rings. The van der Waals surface area contributed by atoms with E-state index in [9.17, 15) is 4.79 Å². The molecule has 1 heterocycles. The molecule has 2 atom stereocenters. The molecule has 0 radical (unpaired) electrons. The summed E-state index contributed by atoms with van der Waals surface area (Å²) in [6, 6.07) is 8.12. The number of ether oxygens (including phenoxy) is 1. The minimum absolute atomic E-state index is 0.0632. The molecule has 0 aromatic heterocycles. The average Bonchev–Trinajstić information content (AvgIpc) is 2.75. The molecule has 1 aromatic carbocycles. The smallest absolute Gasteiger partial charge is 0.223 e. The van der Waals surface area contributed by atoms with Gasteiger partial charge in [-0.25, -0.2) is 0 Å². The zero-order chi connectivity index (χ0) is 13.7. The first-order valence-electron chi connectivity index (χ1n) is 6.84. The molecule has 0 aliphatic carbocycles. The van der Waals surface area contributed by atoms with Gasteiger partial charge in [0.25, 0.3) is 0 Å². The van der Waals surface area contributed by atoms with Gasteiger partial charge >= 0.3 is 0 Å². The Labute approximate surface area is 114 Å². The van der Waals surface area contributed by atoms with Crippen molar-refractivity contribution in [2.45, 2.75) is 26.3 Å². The van der Waals surface area contributed by atoms with Crippen LogP contribution in [0, 0.1) is 12.8 Å². The predicted octanol–water partition coefficient (Wildman–Crippen LogP) is 1.49. The highest BCUT2D eigenvalue weighted by molar-refractivity contribution is 5.76. The summed E-state index contributed by atoms with van der Waals surface area (Å²) in [4.78, 5) is 11.8. The third kappa shape index (κ3) is 4.24. The average molecular weight is 262 g/mol. The number of amides is 1. The van der Waals surface area contributed by atoms with Gasteiger partial charge in [0.2, 0.25) is 5.91 Å². The number of carbonyl (C=O) groups excluding carboxylic acids is 1. The van der Waals surface area contributed by atoms with E-state index in [4.69, 9.17) is 4.74 Å². The summed E-state index contributed by atoms with van der Waals surface area (Å²) < 4.78 is 5.57. The van der Waals surface area contributed by atoms with Crippen LogP contribution in [-0.2, 0) is 4.79 Å². The van der Waals surface area contributed by atoms with E-state index in [2.05, 4.69) is 17.6 Å². The van der Waals surface area contributed by atoms with Gasteiger partial charge in [-0.3, -0.25) is 4.79 Å². The Kier molecular flexibility index (Phi) is 4.80. The van der Waals surface area contributed by atoms with E-state index in [1.807, 2.05) is 31.2 Å². The fourth-order valence-electron chi connectivity index (χ4n) is 2.25. The lowest BCUT2D eigenvalue weighted by molar-refractivity contribution is -0.122. The van der Waals surface area contributed by atoms with Crippen molar-refractivity contribution < 1.29 is 9.53 Å². The fraction of sp³-hybridized carbons (Fsp3) is 0.533. The largest absolute Gasteiger partial charge is 0.493 e. The summed E-state index contributed by atoms with van der Waals surface area (Å²) in [6.45, 7) is 6.43. The second-order valence-electron chi connectivity index (χ2n) is 5.22. The van der Waals surface area contributed by atoms with Gasteiger partial charge in [-0.2, -0.15) is 0 Å². The lowest BCUT2D eigenvalue weighted by Gasteiger charge is -2.16. The third-order valence-electron chi connectivity index (χ3n) is 3.45. The van der Waals surface area contributed by atoms with Crippen LogP contribution in [0.5, 0.6) is 5.75 Å². The second kappa shape index (κ2) is 6.57. The molecule has 1 aliphatic rings. The van der Waals surface area contributed by atoms with Gasteiger partial charge in [-0.1, -0.05) is 19.1 Å². The number of hydrogen-bond donors (Lipinski definition) is 2. The molecule has 0 saturated carbocycles. The highest BCUT2D eigenvalue weighted by Gasteiger charge is 2.24. The number of aryl methyl sites for hydroxylation is 1. The lowest BCUT2D eigenvalue weighted by atomic mass is 10.1. The highest BCUT2D eigenvalue weighted by Crippen LogP contribution is 2.12. The van der Waals surface area contributed by atoms with E-state index in [0.29, 0.717) is 18.9 Å². The van der Waals surface area contributed by atoms with Crippen LogP contribution in [0.25, 0.3) is 0 Å². The predicted molar refractivity (Wildman–Crippen MR) is 75.3 cm³/mol. The maximum atomic E-state index is 11.8. The van der Waals surface area contributed by atoms with E-state index in [-0.39, 0.29) is 11.9 Å². The SMILES string of the molecule is Cc1cccc(OCCC(=O)NC2CNCC2C)c1. The maximum absolute atomic E-state index is 11.8. The van der Waals surface area contributed by atoms with Crippen molar-refractivity contribution in [3.8, 4) is 5.75 Å². The first-order chi connectivity index (χ1) is 9.15. The Hall–Kier alpha value is -1.55. The van der Waals surface area contributed by atoms with Gasteiger partial charge in [0, 0.05) is 12.6 Å². The third-order valence-corrected chi connectivity index (χ3v) is 3.45. The molecule has 1 amide bonds. The molecule has 2 N–H and O–H groups in total. The minimum Gasteiger partial charge on any atom is -0.493 e. The molecule has 1 aliphatic heterocycles. The van der Waals surface area contributed by atoms with Crippen LogP contribution >= 0.6 is 0 Å². The zero-order valence-corrected chi connectivity index (χ0v) is 11.6. The van der Waals surface area contributed by atoms with Crippen molar-refractivity contribution in [2.75, 3.05) is 19.7 Å². The molecule has 4 heteroatoms. The summed E-state index contributed by atoms with van der Waals surface area (Å²) in [5.74, 6) is 1.39. The van der Waals surface area contributed by atoms with Crippen LogP contribution in [0.3, 0.4) is 0 Å². The van der Waals surface area contributed by atoms with Gasteiger partial charge in [0.05, 0.1) is 13.0 Å². The molecule has 0 bridgehead atoms. The van der Waals surface area contributed by atoms with Crippen molar-refractivity contribution in [1.82, 2.24) is 10.6 Å². The summed E-state index contributed by atoms with van der Waals surface area (Å²) in [5.41, 5.74) is 1.16. The van der Waals surface area contributed by atoms with E-state index in [1.165, 1.54) is 0 Å². The summed E-state index contributed by atoms with van der Waals surface area (Å²) in [7, 11) is 0. The maximum Gasteiger partial charge on any atom is 0.223 e. The van der Waals surface area contributed by atoms with E-state index >= 15 is 0 Å². The van der Waals surface area contributed by atoms with Crippen LogP contribution in [0.4, 0.5) is 0 Å². The number of rotatable bonds is 5. The number of hydrogen-bond acceptors (Lipinski definition) is 3. The zero-order valence-electron chi connectivity index (χ0n) is 11.6. The van der Waals surface area contributed by atoms with E-state index in [0.717, 1.165) is 24.4 Å². The number of benzene rings is 1. The second-order valence-corrected chi connectivity index (χ2v) is 5.22. The normalized spacial score (nSPS) is 22.2. The topological polar surface area (TPSA) is 50.4 Å². The summed E-state index contributed by atoms with van der Waals surface area (Å²) in [5, 5.41) is 6.31. The molecule has 2 unspecified atom stereocenters. The van der Waals surface area contributed by atoms with Crippen LogP contribution in [0.1, 0.15) is 18.9 Å². The number of nitrogens with one attached hydrogen (secondary N) is 2. The van der Waals surface area contributed by atoms with Gasteiger partial charge in [0.1, 0.15) is 5.75 Å². The van der Waals surface area contributed by atoms with Crippen molar-refractivity contribution in [2.24, 2.45) is 5.92 Å². The number of carbonyl (C=O) groups is 1. The molecule has 0 spiro atoms. The molecule has 1 aromatic rings. The summed E-state index contributed by atoms with van der Waals surface area (Å²) in [6.07, 6.45) is 0.400. The van der Waals surface area contributed by atoms with Gasteiger partial charge in [0.15, 0.2) is 0 Å². The van der Waals surface area contributed by atoms with Crippen LogP contribution < -0.4 is 15.4 Å². The molecular weight excluding hydrogens is 240 g/mol. The Bertz CT molecular complexity index is 434. The van der Waals surface area contributed by atoms with Crippen molar-refractivity contribution in [1.29, 1.82) is 0 Å². The Morgan fingerprint density at radius 3 is 3.00 bits per heavy atom. The summed E-state index contributed by atoms with van der Waals surface area (Å²) >= 11 is 0.